The van der Waals surface area contributed by atoms with Gasteiger partial charge in [0.05, 0.1) is 5.25 Å². The summed E-state index contributed by atoms with van der Waals surface area (Å²) in [5.74, 6) is -0.178. The molecule has 1 aromatic heterocycles. The number of thiazole rings is 1. The SMILES string of the molecule is CCC1SC(=S)N(CCC(=O)Nc2ncc(Cc3ccc(Cl)cc3)s2)C1=O. The Balaban J connectivity index is 1.50. The lowest BCUT2D eigenvalue weighted by Crippen LogP contribution is -2.33. The zero-order valence-corrected chi connectivity index (χ0v) is 17.8. The fourth-order valence-corrected chi connectivity index (χ4v) is 5.07. The number of halogens is 1. The molecule has 0 spiro atoms. The summed E-state index contributed by atoms with van der Waals surface area (Å²) in [5.41, 5.74) is 1.13. The molecule has 1 aliphatic rings. The Morgan fingerprint density at radius 3 is 2.78 bits per heavy atom. The molecule has 9 heteroatoms. The van der Waals surface area contributed by atoms with E-state index in [0.29, 0.717) is 21.0 Å². The van der Waals surface area contributed by atoms with Gasteiger partial charge in [-0.1, -0.05) is 54.6 Å². The van der Waals surface area contributed by atoms with Crippen LogP contribution in [0.25, 0.3) is 0 Å². The minimum atomic E-state index is -0.178. The average Bonchev–Trinajstić information content (AvgIpc) is 3.19. The predicted octanol–water partition coefficient (Wildman–Crippen LogP) is 4.35. The first-order valence-electron chi connectivity index (χ1n) is 8.47. The highest BCUT2D eigenvalue weighted by Crippen LogP contribution is 2.29. The molecule has 1 unspecified atom stereocenters. The van der Waals surface area contributed by atoms with Gasteiger partial charge in [0.15, 0.2) is 5.13 Å². The van der Waals surface area contributed by atoms with E-state index in [1.165, 1.54) is 28.0 Å². The molecule has 1 N–H and O–H groups in total. The molecule has 0 radical (unpaired) electrons. The van der Waals surface area contributed by atoms with Crippen molar-refractivity contribution in [2.24, 2.45) is 0 Å². The van der Waals surface area contributed by atoms with Crippen LogP contribution in [0.1, 0.15) is 30.2 Å². The van der Waals surface area contributed by atoms with Crippen LogP contribution >= 0.6 is 46.9 Å². The van der Waals surface area contributed by atoms with Gasteiger partial charge in [0.25, 0.3) is 0 Å². The molecule has 1 aromatic carbocycles. The number of hydrogen-bond donors (Lipinski definition) is 1. The van der Waals surface area contributed by atoms with Crippen LogP contribution in [0.15, 0.2) is 30.5 Å². The van der Waals surface area contributed by atoms with E-state index in [1.807, 2.05) is 31.2 Å². The van der Waals surface area contributed by atoms with E-state index in [2.05, 4.69) is 10.3 Å². The zero-order chi connectivity index (χ0) is 19.4. The van der Waals surface area contributed by atoms with Crippen LogP contribution in [0.2, 0.25) is 5.02 Å². The molecule has 1 fully saturated rings. The lowest BCUT2D eigenvalue weighted by Gasteiger charge is -2.14. The van der Waals surface area contributed by atoms with Gasteiger partial charge in [-0.25, -0.2) is 4.98 Å². The van der Waals surface area contributed by atoms with Gasteiger partial charge >= 0.3 is 0 Å². The molecular weight excluding hydrogens is 422 g/mol. The van der Waals surface area contributed by atoms with E-state index in [4.69, 9.17) is 23.8 Å². The maximum Gasteiger partial charge on any atom is 0.241 e. The van der Waals surface area contributed by atoms with Crippen LogP contribution in [0.5, 0.6) is 0 Å². The molecule has 0 bridgehead atoms. The lowest BCUT2D eigenvalue weighted by atomic mass is 10.1. The van der Waals surface area contributed by atoms with Gasteiger partial charge < -0.3 is 5.32 Å². The normalized spacial score (nSPS) is 16.8. The zero-order valence-electron chi connectivity index (χ0n) is 14.6. The van der Waals surface area contributed by atoms with Gasteiger partial charge in [0, 0.05) is 35.5 Å². The number of nitrogens with zero attached hydrogens (tertiary/aromatic N) is 2. The van der Waals surface area contributed by atoms with E-state index < -0.39 is 0 Å². The second-order valence-corrected chi connectivity index (χ2v) is 9.39. The third-order valence-electron chi connectivity index (χ3n) is 4.03. The summed E-state index contributed by atoms with van der Waals surface area (Å²) < 4.78 is 0.555. The monoisotopic (exact) mass is 439 g/mol. The smallest absolute Gasteiger partial charge is 0.241 e. The molecule has 142 valence electrons. The van der Waals surface area contributed by atoms with Crippen molar-refractivity contribution in [3.63, 3.8) is 0 Å². The molecule has 1 saturated heterocycles. The molecule has 27 heavy (non-hydrogen) atoms. The van der Waals surface area contributed by atoms with Crippen LogP contribution in [0.4, 0.5) is 5.13 Å². The minimum absolute atomic E-state index is 0.000186. The molecule has 2 heterocycles. The van der Waals surface area contributed by atoms with Crippen molar-refractivity contribution in [3.05, 3.63) is 45.9 Å². The maximum absolute atomic E-state index is 12.2. The van der Waals surface area contributed by atoms with Gasteiger partial charge in [0.2, 0.25) is 11.8 Å². The number of carbonyl (C=O) groups excluding carboxylic acids is 2. The summed E-state index contributed by atoms with van der Waals surface area (Å²) in [6.07, 6.45) is 3.42. The third kappa shape index (κ3) is 5.28. The summed E-state index contributed by atoms with van der Waals surface area (Å²) in [6.45, 7) is 2.26. The van der Waals surface area contributed by atoms with Crippen molar-refractivity contribution < 1.29 is 9.59 Å². The number of rotatable bonds is 7. The summed E-state index contributed by atoms with van der Waals surface area (Å²) in [6, 6.07) is 7.65. The van der Waals surface area contributed by atoms with Crippen molar-refractivity contribution in [2.75, 3.05) is 11.9 Å². The molecular formula is C18H18ClN3O2S3. The third-order valence-corrected chi connectivity index (χ3v) is 6.95. The van der Waals surface area contributed by atoms with E-state index in [9.17, 15) is 9.59 Å². The largest absolute Gasteiger partial charge is 0.302 e. The van der Waals surface area contributed by atoms with Gasteiger partial charge in [-0.2, -0.15) is 0 Å². The Labute approximate surface area is 176 Å². The van der Waals surface area contributed by atoms with E-state index in [0.717, 1.165) is 23.3 Å². The Bertz CT molecular complexity index is 854. The first-order chi connectivity index (χ1) is 13.0. The summed E-state index contributed by atoms with van der Waals surface area (Å²) in [5, 5.41) is 3.94. The summed E-state index contributed by atoms with van der Waals surface area (Å²) >= 11 is 14.0. The van der Waals surface area contributed by atoms with Crippen LogP contribution < -0.4 is 5.32 Å². The standard InChI is InChI=1S/C18H18ClN3O2S3/c1-2-14-16(24)22(18(25)27-14)8-7-15(23)21-17-20-10-13(26-17)9-11-3-5-12(19)6-4-11/h3-6,10,14H,2,7-9H2,1H3,(H,20,21,23). The number of aromatic nitrogens is 1. The highest BCUT2D eigenvalue weighted by atomic mass is 35.5. The highest BCUT2D eigenvalue weighted by molar-refractivity contribution is 8.24. The number of thiocarbonyl (C=S) groups is 1. The Hall–Kier alpha value is -1.48. The number of anilines is 1. The highest BCUT2D eigenvalue weighted by Gasteiger charge is 2.35. The Kier molecular flexibility index (Phi) is 6.86. The number of nitrogens with one attached hydrogen (secondary N) is 1. The van der Waals surface area contributed by atoms with Crippen LogP contribution in [-0.2, 0) is 16.0 Å². The van der Waals surface area contributed by atoms with Crippen molar-refractivity contribution in [2.45, 2.75) is 31.4 Å². The topological polar surface area (TPSA) is 62.3 Å². The fourth-order valence-electron chi connectivity index (χ4n) is 2.60. The second-order valence-electron chi connectivity index (χ2n) is 6.00. The number of thioether (sulfide) groups is 1. The number of hydrogen-bond acceptors (Lipinski definition) is 6. The minimum Gasteiger partial charge on any atom is -0.302 e. The molecule has 0 saturated carbocycles. The van der Waals surface area contributed by atoms with Crippen molar-refractivity contribution in [1.82, 2.24) is 9.88 Å². The Morgan fingerprint density at radius 2 is 2.11 bits per heavy atom. The molecule has 5 nitrogen and oxygen atoms in total. The van der Waals surface area contributed by atoms with Gasteiger partial charge in [-0.05, 0) is 24.1 Å². The number of carbonyl (C=O) groups is 2. The van der Waals surface area contributed by atoms with Crippen LogP contribution in [0, 0.1) is 0 Å². The van der Waals surface area contributed by atoms with Crippen molar-refractivity contribution >= 4 is 68.2 Å². The first kappa shape index (κ1) is 20.3. The first-order valence-corrected chi connectivity index (χ1v) is 11.0. The summed E-state index contributed by atoms with van der Waals surface area (Å²) in [4.78, 5) is 31.2. The van der Waals surface area contributed by atoms with Crippen molar-refractivity contribution in [3.8, 4) is 0 Å². The molecule has 0 aliphatic carbocycles. The number of amides is 2. The van der Waals surface area contributed by atoms with Gasteiger partial charge in [-0.3, -0.25) is 14.5 Å². The van der Waals surface area contributed by atoms with Crippen molar-refractivity contribution in [1.29, 1.82) is 0 Å². The maximum atomic E-state index is 12.2. The average molecular weight is 440 g/mol. The van der Waals surface area contributed by atoms with Gasteiger partial charge in [0.1, 0.15) is 4.32 Å². The van der Waals surface area contributed by atoms with E-state index >= 15 is 0 Å². The van der Waals surface area contributed by atoms with Gasteiger partial charge in [-0.15, -0.1) is 11.3 Å². The van der Waals surface area contributed by atoms with E-state index in [1.54, 1.807) is 6.20 Å². The molecule has 1 atom stereocenters. The Morgan fingerprint density at radius 1 is 1.37 bits per heavy atom. The second kappa shape index (κ2) is 9.14. The van der Waals surface area contributed by atoms with E-state index in [-0.39, 0.29) is 23.5 Å². The quantitative estimate of drug-likeness (QED) is 0.649. The summed E-state index contributed by atoms with van der Waals surface area (Å²) in [7, 11) is 0. The molecule has 2 aromatic rings. The predicted molar refractivity (Wildman–Crippen MR) is 116 cm³/mol. The number of benzene rings is 1. The molecule has 2 amide bonds. The molecule has 1 aliphatic heterocycles. The lowest BCUT2D eigenvalue weighted by molar-refractivity contribution is -0.126. The fraction of sp³-hybridized carbons (Fsp3) is 0.333. The van der Waals surface area contributed by atoms with Crippen LogP contribution in [-0.4, -0.2) is 37.8 Å². The molecule has 3 rings (SSSR count). The van der Waals surface area contributed by atoms with Crippen LogP contribution in [0.3, 0.4) is 0 Å².